The van der Waals surface area contributed by atoms with Crippen molar-refractivity contribution in [2.75, 3.05) is 41.3 Å². The van der Waals surface area contributed by atoms with Crippen molar-refractivity contribution in [3.8, 4) is 0 Å². The summed E-state index contributed by atoms with van der Waals surface area (Å²) in [5, 5.41) is 12.2. The zero-order valence-corrected chi connectivity index (χ0v) is 15.6. The van der Waals surface area contributed by atoms with Crippen molar-refractivity contribution >= 4 is 29.1 Å². The van der Waals surface area contributed by atoms with Gasteiger partial charge in [0.25, 0.3) is 0 Å². The lowest BCUT2D eigenvalue weighted by Crippen LogP contribution is -2.47. The Bertz CT molecular complexity index is 987. The summed E-state index contributed by atoms with van der Waals surface area (Å²) in [4.78, 5) is 24.2. The maximum Gasteiger partial charge on any atom is 0.335 e. The number of nitrogens with one attached hydrogen (secondary N) is 1. The zero-order chi connectivity index (χ0) is 20.2. The summed E-state index contributed by atoms with van der Waals surface area (Å²) < 4.78 is 13.1. The Labute approximate surface area is 167 Å². The minimum atomic E-state index is -0.958. The van der Waals surface area contributed by atoms with Gasteiger partial charge in [0.1, 0.15) is 11.6 Å². The molecule has 2 aromatic carbocycles. The number of aromatic carboxylic acids is 1. The van der Waals surface area contributed by atoms with Gasteiger partial charge in [-0.05, 0) is 54.6 Å². The maximum absolute atomic E-state index is 13.1. The lowest BCUT2D eigenvalue weighted by Gasteiger charge is -2.36. The van der Waals surface area contributed by atoms with E-state index >= 15 is 0 Å². The van der Waals surface area contributed by atoms with Crippen LogP contribution in [0.4, 0.5) is 27.5 Å². The standard InChI is InChI=1S/C21H20FN5O2/c22-16-3-7-18(8-4-16)26-11-13-27(14-12-26)21-23-10-9-19(25-21)24-17-5-1-15(2-6-17)20(28)29/h1-10H,11-14H2,(H,28,29)(H,23,24,25). The van der Waals surface area contributed by atoms with Crippen LogP contribution in [0, 0.1) is 5.82 Å². The van der Waals surface area contributed by atoms with Crippen LogP contribution in [0.25, 0.3) is 0 Å². The molecule has 0 aliphatic carbocycles. The molecule has 1 aliphatic rings. The number of aromatic nitrogens is 2. The third kappa shape index (κ3) is 4.43. The van der Waals surface area contributed by atoms with E-state index in [1.54, 1.807) is 48.7 Å². The van der Waals surface area contributed by atoms with Crippen molar-refractivity contribution in [1.29, 1.82) is 0 Å². The second-order valence-corrected chi connectivity index (χ2v) is 6.70. The Balaban J connectivity index is 1.40. The molecule has 7 nitrogen and oxygen atoms in total. The molecule has 148 valence electrons. The van der Waals surface area contributed by atoms with E-state index in [0.29, 0.717) is 11.8 Å². The van der Waals surface area contributed by atoms with Gasteiger partial charge in [0, 0.05) is 43.8 Å². The molecule has 0 saturated carbocycles. The van der Waals surface area contributed by atoms with Crippen LogP contribution in [0.15, 0.2) is 60.8 Å². The number of carbonyl (C=O) groups is 1. The topological polar surface area (TPSA) is 81.6 Å². The molecule has 2 N–H and O–H groups in total. The van der Waals surface area contributed by atoms with Crippen LogP contribution in [-0.4, -0.2) is 47.2 Å². The molecule has 0 bridgehead atoms. The molecule has 0 atom stereocenters. The number of anilines is 4. The monoisotopic (exact) mass is 393 g/mol. The van der Waals surface area contributed by atoms with Gasteiger partial charge in [0.2, 0.25) is 5.95 Å². The summed E-state index contributed by atoms with van der Waals surface area (Å²) in [6, 6.07) is 14.8. The van der Waals surface area contributed by atoms with Gasteiger partial charge in [-0.2, -0.15) is 4.98 Å². The second-order valence-electron chi connectivity index (χ2n) is 6.70. The number of hydrogen-bond acceptors (Lipinski definition) is 6. The number of nitrogens with zero attached hydrogens (tertiary/aromatic N) is 4. The van der Waals surface area contributed by atoms with E-state index < -0.39 is 5.97 Å². The average molecular weight is 393 g/mol. The van der Waals surface area contributed by atoms with Crippen molar-refractivity contribution in [3.63, 3.8) is 0 Å². The van der Waals surface area contributed by atoms with Gasteiger partial charge in [-0.3, -0.25) is 0 Å². The number of carboxylic acids is 1. The van der Waals surface area contributed by atoms with Crippen LogP contribution >= 0.6 is 0 Å². The summed E-state index contributed by atoms with van der Waals surface area (Å²) in [6.45, 7) is 3.11. The Morgan fingerprint density at radius 2 is 1.59 bits per heavy atom. The molecule has 0 unspecified atom stereocenters. The third-order valence-electron chi connectivity index (χ3n) is 4.80. The highest BCUT2D eigenvalue weighted by Gasteiger charge is 2.19. The molecule has 0 spiro atoms. The SMILES string of the molecule is O=C(O)c1ccc(Nc2ccnc(N3CCN(c4ccc(F)cc4)CC3)n2)cc1. The van der Waals surface area contributed by atoms with Crippen LogP contribution in [0.3, 0.4) is 0 Å². The third-order valence-corrected chi connectivity index (χ3v) is 4.80. The van der Waals surface area contributed by atoms with Crippen molar-refractivity contribution < 1.29 is 14.3 Å². The Hall–Kier alpha value is -3.68. The van der Waals surface area contributed by atoms with Crippen LogP contribution in [0.2, 0.25) is 0 Å². The molecule has 1 aliphatic heterocycles. The van der Waals surface area contributed by atoms with Gasteiger partial charge in [-0.1, -0.05) is 0 Å². The van der Waals surface area contributed by atoms with E-state index in [1.165, 1.54) is 12.1 Å². The first-order chi connectivity index (χ1) is 14.1. The van der Waals surface area contributed by atoms with E-state index in [-0.39, 0.29) is 11.4 Å². The highest BCUT2D eigenvalue weighted by molar-refractivity contribution is 5.88. The first kappa shape index (κ1) is 18.7. The molecule has 1 aromatic heterocycles. The minimum absolute atomic E-state index is 0.234. The lowest BCUT2D eigenvalue weighted by molar-refractivity contribution is 0.0697. The van der Waals surface area contributed by atoms with Gasteiger partial charge in [-0.25, -0.2) is 14.2 Å². The van der Waals surface area contributed by atoms with Gasteiger partial charge >= 0.3 is 5.97 Å². The molecule has 2 heterocycles. The Morgan fingerprint density at radius 1 is 0.931 bits per heavy atom. The molecule has 0 radical (unpaired) electrons. The molecular formula is C21H20FN5O2. The normalized spacial score (nSPS) is 14.0. The summed E-state index contributed by atoms with van der Waals surface area (Å²) in [7, 11) is 0. The summed E-state index contributed by atoms with van der Waals surface area (Å²) in [6.07, 6.45) is 1.70. The highest BCUT2D eigenvalue weighted by Crippen LogP contribution is 2.21. The largest absolute Gasteiger partial charge is 0.478 e. The average Bonchev–Trinajstić information content (AvgIpc) is 2.75. The van der Waals surface area contributed by atoms with Gasteiger partial charge in [-0.15, -0.1) is 0 Å². The number of halogens is 1. The predicted molar refractivity (Wildman–Crippen MR) is 110 cm³/mol. The lowest BCUT2D eigenvalue weighted by atomic mass is 10.2. The minimum Gasteiger partial charge on any atom is -0.478 e. The number of piperazine rings is 1. The van der Waals surface area contributed by atoms with Crippen LogP contribution < -0.4 is 15.1 Å². The predicted octanol–water partition coefficient (Wildman–Crippen LogP) is 3.38. The van der Waals surface area contributed by atoms with E-state index in [0.717, 1.165) is 37.6 Å². The molecule has 3 aromatic rings. The molecule has 4 rings (SSSR count). The van der Waals surface area contributed by atoms with E-state index in [1.807, 2.05) is 0 Å². The highest BCUT2D eigenvalue weighted by atomic mass is 19.1. The van der Waals surface area contributed by atoms with E-state index in [2.05, 4.69) is 25.1 Å². The maximum atomic E-state index is 13.1. The summed E-state index contributed by atoms with van der Waals surface area (Å²) in [5.74, 6) is 0.0818. The number of carboxylic acid groups (broad SMARTS) is 1. The summed E-state index contributed by atoms with van der Waals surface area (Å²) in [5.41, 5.74) is 1.99. The molecule has 29 heavy (non-hydrogen) atoms. The molecule has 0 amide bonds. The Morgan fingerprint density at radius 3 is 2.24 bits per heavy atom. The van der Waals surface area contributed by atoms with Crippen molar-refractivity contribution in [3.05, 3.63) is 72.2 Å². The molecular weight excluding hydrogens is 373 g/mol. The fourth-order valence-corrected chi connectivity index (χ4v) is 3.23. The van der Waals surface area contributed by atoms with Crippen LogP contribution in [-0.2, 0) is 0 Å². The van der Waals surface area contributed by atoms with Crippen molar-refractivity contribution in [2.24, 2.45) is 0 Å². The number of benzene rings is 2. The number of rotatable bonds is 5. The van der Waals surface area contributed by atoms with Crippen LogP contribution in [0.5, 0.6) is 0 Å². The molecule has 1 saturated heterocycles. The Kier molecular flexibility index (Phi) is 5.24. The van der Waals surface area contributed by atoms with Gasteiger partial charge in [0.05, 0.1) is 5.56 Å². The summed E-state index contributed by atoms with van der Waals surface area (Å²) >= 11 is 0. The number of hydrogen-bond donors (Lipinski definition) is 2. The van der Waals surface area contributed by atoms with Crippen LogP contribution in [0.1, 0.15) is 10.4 Å². The fourth-order valence-electron chi connectivity index (χ4n) is 3.23. The van der Waals surface area contributed by atoms with Gasteiger partial charge < -0.3 is 20.2 Å². The second kappa shape index (κ2) is 8.14. The van der Waals surface area contributed by atoms with Crippen molar-refractivity contribution in [2.45, 2.75) is 0 Å². The molecule has 1 fully saturated rings. The fraction of sp³-hybridized carbons (Fsp3) is 0.190. The van der Waals surface area contributed by atoms with E-state index in [9.17, 15) is 9.18 Å². The quantitative estimate of drug-likeness (QED) is 0.688. The smallest absolute Gasteiger partial charge is 0.335 e. The molecule has 8 heteroatoms. The first-order valence-corrected chi connectivity index (χ1v) is 9.27. The van der Waals surface area contributed by atoms with Gasteiger partial charge in [0.15, 0.2) is 0 Å². The van der Waals surface area contributed by atoms with Crippen molar-refractivity contribution in [1.82, 2.24) is 9.97 Å². The van der Waals surface area contributed by atoms with E-state index in [4.69, 9.17) is 5.11 Å². The zero-order valence-electron chi connectivity index (χ0n) is 15.6. The first-order valence-electron chi connectivity index (χ1n) is 9.27.